The van der Waals surface area contributed by atoms with E-state index in [4.69, 9.17) is 0 Å². The molecule has 2 unspecified atom stereocenters. The van der Waals surface area contributed by atoms with Gasteiger partial charge in [0.05, 0.1) is 16.1 Å². The molecular weight excluding hydrogens is 156 g/mol. The zero-order valence-corrected chi connectivity index (χ0v) is 7.69. The Hall–Kier alpha value is -0.310. The monoisotopic (exact) mass is 168 g/mol. The van der Waals surface area contributed by atoms with Gasteiger partial charge in [-0.3, -0.25) is 9.98 Å². The van der Waals surface area contributed by atoms with Crippen LogP contribution in [0.2, 0.25) is 0 Å². The van der Waals surface area contributed by atoms with Crippen LogP contribution in [0.3, 0.4) is 0 Å². The van der Waals surface area contributed by atoms with E-state index in [1.807, 2.05) is 0 Å². The number of rotatable bonds is 0. The van der Waals surface area contributed by atoms with E-state index in [-0.39, 0.29) is 0 Å². The predicted octanol–water partition coefficient (Wildman–Crippen LogP) is 1.96. The van der Waals surface area contributed by atoms with E-state index in [9.17, 15) is 0 Å². The van der Waals surface area contributed by atoms with Gasteiger partial charge < -0.3 is 0 Å². The van der Waals surface area contributed by atoms with Crippen molar-refractivity contribution in [2.75, 3.05) is 6.54 Å². The molecule has 11 heavy (non-hydrogen) atoms. The highest BCUT2D eigenvalue weighted by Gasteiger charge is 2.28. The van der Waals surface area contributed by atoms with Gasteiger partial charge in [-0.15, -0.1) is 0 Å². The van der Waals surface area contributed by atoms with Gasteiger partial charge in [-0.2, -0.15) is 0 Å². The van der Waals surface area contributed by atoms with Crippen molar-refractivity contribution in [1.29, 1.82) is 0 Å². The first kappa shape index (κ1) is 7.35. The summed E-state index contributed by atoms with van der Waals surface area (Å²) >= 11 is 1.75. The summed E-state index contributed by atoms with van der Waals surface area (Å²) in [5.74, 6) is 0.721. The number of thioether (sulfide) groups is 1. The van der Waals surface area contributed by atoms with Crippen LogP contribution in [-0.2, 0) is 0 Å². The molecule has 2 aliphatic rings. The SMILES string of the molecule is CC1=NC2CC(C)CN=C2S1. The largest absolute Gasteiger partial charge is 0.280 e. The normalized spacial score (nSPS) is 36.2. The lowest BCUT2D eigenvalue weighted by Gasteiger charge is -2.18. The van der Waals surface area contributed by atoms with Gasteiger partial charge in [0, 0.05) is 6.54 Å². The first-order valence-electron chi connectivity index (χ1n) is 4.02. The van der Waals surface area contributed by atoms with Crippen LogP contribution in [0, 0.1) is 5.92 Å². The molecular formula is C8H12N2S. The van der Waals surface area contributed by atoms with E-state index < -0.39 is 0 Å². The van der Waals surface area contributed by atoms with Crippen molar-refractivity contribution in [3.05, 3.63) is 0 Å². The van der Waals surface area contributed by atoms with Crippen LogP contribution >= 0.6 is 11.8 Å². The van der Waals surface area contributed by atoms with Crippen molar-refractivity contribution in [3.8, 4) is 0 Å². The van der Waals surface area contributed by atoms with Crippen LogP contribution in [0.25, 0.3) is 0 Å². The summed E-state index contributed by atoms with van der Waals surface area (Å²) in [4.78, 5) is 9.00. The molecule has 0 aromatic heterocycles. The smallest absolute Gasteiger partial charge is 0.0992 e. The van der Waals surface area contributed by atoms with E-state index in [2.05, 4.69) is 23.8 Å². The van der Waals surface area contributed by atoms with E-state index in [0.717, 1.165) is 12.5 Å². The molecule has 0 bridgehead atoms. The highest BCUT2D eigenvalue weighted by molar-refractivity contribution is 8.27. The zero-order chi connectivity index (χ0) is 7.84. The average molecular weight is 168 g/mol. The maximum absolute atomic E-state index is 4.51. The van der Waals surface area contributed by atoms with Crippen LogP contribution in [0.1, 0.15) is 20.3 Å². The van der Waals surface area contributed by atoms with Gasteiger partial charge in [0.1, 0.15) is 0 Å². The standard InChI is InChI=1S/C8H12N2S/c1-5-3-7-8(9-4-5)11-6(2)10-7/h5,7H,3-4H2,1-2H3. The number of aliphatic imine (C=N–C) groups is 2. The molecule has 2 aliphatic heterocycles. The fourth-order valence-electron chi connectivity index (χ4n) is 1.51. The number of nitrogens with zero attached hydrogens (tertiary/aromatic N) is 2. The maximum Gasteiger partial charge on any atom is 0.0992 e. The highest BCUT2D eigenvalue weighted by atomic mass is 32.2. The molecule has 0 fully saturated rings. The zero-order valence-electron chi connectivity index (χ0n) is 6.87. The Balaban J connectivity index is 2.19. The molecule has 2 heterocycles. The molecule has 2 nitrogen and oxygen atoms in total. The van der Waals surface area contributed by atoms with Crippen molar-refractivity contribution in [1.82, 2.24) is 0 Å². The third-order valence-corrected chi connectivity index (χ3v) is 3.07. The lowest BCUT2D eigenvalue weighted by atomic mass is 10.0. The quantitative estimate of drug-likeness (QED) is 0.542. The summed E-state index contributed by atoms with van der Waals surface area (Å²) < 4.78 is 0. The first-order chi connectivity index (χ1) is 5.25. The minimum absolute atomic E-state index is 0.420. The van der Waals surface area contributed by atoms with Gasteiger partial charge in [-0.25, -0.2) is 0 Å². The second-order valence-electron chi connectivity index (χ2n) is 3.29. The highest BCUT2D eigenvalue weighted by Crippen LogP contribution is 2.29. The molecule has 2 atom stereocenters. The second-order valence-corrected chi connectivity index (χ2v) is 4.50. The average Bonchev–Trinajstić information content (AvgIpc) is 2.27. The Morgan fingerprint density at radius 1 is 1.55 bits per heavy atom. The number of fused-ring (bicyclic) bond motifs is 1. The Bertz CT molecular complexity index is 232. The molecule has 0 N–H and O–H groups in total. The Labute approximate surface area is 71.2 Å². The molecule has 0 saturated heterocycles. The van der Waals surface area contributed by atoms with Gasteiger partial charge >= 0.3 is 0 Å². The summed E-state index contributed by atoms with van der Waals surface area (Å²) in [6.07, 6.45) is 1.20. The fraction of sp³-hybridized carbons (Fsp3) is 0.750. The summed E-state index contributed by atoms with van der Waals surface area (Å²) in [5.41, 5.74) is 0. The topological polar surface area (TPSA) is 24.7 Å². The van der Waals surface area contributed by atoms with Gasteiger partial charge in [0.2, 0.25) is 0 Å². The summed E-state index contributed by atoms with van der Waals surface area (Å²) in [6.45, 7) is 5.31. The Kier molecular flexibility index (Phi) is 1.75. The minimum Gasteiger partial charge on any atom is -0.280 e. The molecule has 0 aromatic carbocycles. The Morgan fingerprint density at radius 2 is 2.36 bits per heavy atom. The molecule has 3 heteroatoms. The van der Waals surface area contributed by atoms with Crippen molar-refractivity contribution >= 4 is 21.8 Å². The summed E-state index contributed by atoms with van der Waals surface area (Å²) in [6, 6.07) is 0.420. The van der Waals surface area contributed by atoms with E-state index in [1.165, 1.54) is 16.5 Å². The maximum atomic E-state index is 4.51. The molecule has 0 radical (unpaired) electrons. The van der Waals surface area contributed by atoms with E-state index in [0.29, 0.717) is 6.04 Å². The summed E-state index contributed by atoms with van der Waals surface area (Å²) in [5, 5.41) is 2.43. The molecule has 0 aliphatic carbocycles. The molecule has 0 saturated carbocycles. The van der Waals surface area contributed by atoms with Gasteiger partial charge in [-0.05, 0) is 19.3 Å². The molecule has 0 amide bonds. The van der Waals surface area contributed by atoms with Gasteiger partial charge in [0.15, 0.2) is 0 Å². The molecule has 2 rings (SSSR count). The van der Waals surface area contributed by atoms with Crippen molar-refractivity contribution < 1.29 is 0 Å². The minimum atomic E-state index is 0.420. The predicted molar refractivity (Wildman–Crippen MR) is 50.6 cm³/mol. The van der Waals surface area contributed by atoms with Crippen LogP contribution in [-0.4, -0.2) is 22.7 Å². The number of hydrogen-bond donors (Lipinski definition) is 0. The first-order valence-corrected chi connectivity index (χ1v) is 4.84. The van der Waals surface area contributed by atoms with Crippen molar-refractivity contribution in [2.45, 2.75) is 26.3 Å². The van der Waals surface area contributed by atoms with Crippen LogP contribution in [0.15, 0.2) is 9.98 Å². The number of hydrogen-bond acceptors (Lipinski definition) is 3. The summed E-state index contributed by atoms with van der Waals surface area (Å²) in [7, 11) is 0. The lowest BCUT2D eigenvalue weighted by Crippen LogP contribution is -2.22. The fourth-order valence-corrected chi connectivity index (χ4v) is 2.42. The second kappa shape index (κ2) is 2.63. The van der Waals surface area contributed by atoms with E-state index >= 15 is 0 Å². The third kappa shape index (κ3) is 1.34. The van der Waals surface area contributed by atoms with Gasteiger partial charge in [-0.1, -0.05) is 18.7 Å². The van der Waals surface area contributed by atoms with Crippen LogP contribution in [0.4, 0.5) is 0 Å². The lowest BCUT2D eigenvalue weighted by molar-refractivity contribution is 0.509. The van der Waals surface area contributed by atoms with Gasteiger partial charge in [0.25, 0.3) is 0 Å². The third-order valence-electron chi connectivity index (χ3n) is 2.06. The van der Waals surface area contributed by atoms with Crippen molar-refractivity contribution in [2.24, 2.45) is 15.9 Å². The Morgan fingerprint density at radius 3 is 3.18 bits per heavy atom. The molecule has 0 spiro atoms. The van der Waals surface area contributed by atoms with Crippen LogP contribution < -0.4 is 0 Å². The van der Waals surface area contributed by atoms with E-state index in [1.54, 1.807) is 11.8 Å². The molecule has 0 aromatic rings. The van der Waals surface area contributed by atoms with Crippen LogP contribution in [0.5, 0.6) is 0 Å². The molecule has 60 valence electrons. The van der Waals surface area contributed by atoms with Crippen molar-refractivity contribution in [3.63, 3.8) is 0 Å².